The fourth-order valence-corrected chi connectivity index (χ4v) is 2.57. The Morgan fingerprint density at radius 2 is 2.17 bits per heavy atom. The van der Waals surface area contributed by atoms with Gasteiger partial charge in [-0.05, 0) is 18.2 Å². The first-order valence-electron chi connectivity index (χ1n) is 4.92. The minimum Gasteiger partial charge on any atom is -0.495 e. The number of carboxylic acids is 1. The van der Waals surface area contributed by atoms with Crippen LogP contribution in [0.25, 0.3) is 0 Å². The van der Waals surface area contributed by atoms with Crippen molar-refractivity contribution in [2.75, 3.05) is 13.7 Å². The Morgan fingerprint density at radius 1 is 1.50 bits per heavy atom. The van der Waals surface area contributed by atoms with Gasteiger partial charge in [-0.15, -0.1) is 0 Å². The molecule has 0 aliphatic rings. The number of carboxylic acid groups (broad SMARTS) is 1. The number of nitrogens with one attached hydrogen (secondary N) is 1. The molecule has 0 amide bonds. The summed E-state index contributed by atoms with van der Waals surface area (Å²) in [4.78, 5) is 10.2. The average Bonchev–Trinajstić information content (AvgIpc) is 2.28. The Labute approximate surface area is 110 Å². The fraction of sp³-hybridized carbons (Fsp3) is 0.300. The van der Waals surface area contributed by atoms with E-state index in [9.17, 15) is 13.2 Å². The minimum absolute atomic E-state index is 0.0429. The van der Waals surface area contributed by atoms with E-state index in [4.69, 9.17) is 21.4 Å². The van der Waals surface area contributed by atoms with E-state index in [1.165, 1.54) is 25.3 Å². The molecule has 0 saturated heterocycles. The second-order valence-corrected chi connectivity index (χ2v) is 5.51. The monoisotopic (exact) mass is 293 g/mol. The van der Waals surface area contributed by atoms with Crippen LogP contribution >= 0.6 is 11.6 Å². The SMILES string of the molecule is COc1ccc(S(=O)(=O)NCCC(=O)O)cc1Cl. The molecule has 0 aliphatic heterocycles. The molecule has 1 rings (SSSR count). The Kier molecular flexibility index (Phi) is 4.94. The molecular weight excluding hydrogens is 282 g/mol. The third-order valence-electron chi connectivity index (χ3n) is 2.06. The Balaban J connectivity index is 2.85. The topological polar surface area (TPSA) is 92.7 Å². The number of sulfonamides is 1. The van der Waals surface area contributed by atoms with Crippen LogP contribution in [0.1, 0.15) is 6.42 Å². The first-order chi connectivity index (χ1) is 8.36. The van der Waals surface area contributed by atoms with Crippen molar-refractivity contribution in [2.24, 2.45) is 0 Å². The van der Waals surface area contributed by atoms with Crippen LogP contribution in [0.4, 0.5) is 0 Å². The second kappa shape index (κ2) is 6.03. The fourth-order valence-electron chi connectivity index (χ4n) is 1.19. The summed E-state index contributed by atoms with van der Waals surface area (Å²) < 4.78 is 30.6. The van der Waals surface area contributed by atoms with E-state index >= 15 is 0 Å². The molecule has 6 nitrogen and oxygen atoms in total. The molecule has 8 heteroatoms. The van der Waals surface area contributed by atoms with Gasteiger partial charge < -0.3 is 9.84 Å². The summed E-state index contributed by atoms with van der Waals surface area (Å²) >= 11 is 5.81. The normalized spacial score (nSPS) is 11.2. The summed E-state index contributed by atoms with van der Waals surface area (Å²) in [6, 6.07) is 3.99. The van der Waals surface area contributed by atoms with Gasteiger partial charge >= 0.3 is 5.97 Å². The summed E-state index contributed by atoms with van der Waals surface area (Å²) in [5, 5.41) is 8.59. The first kappa shape index (κ1) is 14.7. The molecule has 0 unspecified atom stereocenters. The summed E-state index contributed by atoms with van der Waals surface area (Å²) in [5.74, 6) is -0.716. The van der Waals surface area contributed by atoms with E-state index in [0.717, 1.165) is 0 Å². The highest BCUT2D eigenvalue weighted by Gasteiger charge is 2.15. The van der Waals surface area contributed by atoms with Crippen molar-refractivity contribution in [2.45, 2.75) is 11.3 Å². The van der Waals surface area contributed by atoms with Gasteiger partial charge in [-0.25, -0.2) is 13.1 Å². The molecule has 0 aromatic heterocycles. The maximum Gasteiger partial charge on any atom is 0.304 e. The lowest BCUT2D eigenvalue weighted by Crippen LogP contribution is -2.26. The van der Waals surface area contributed by atoms with Crippen LogP contribution in [-0.2, 0) is 14.8 Å². The predicted octanol–water partition coefficient (Wildman–Crippen LogP) is 1.10. The summed E-state index contributed by atoms with van der Waals surface area (Å²) in [6.07, 6.45) is -0.289. The van der Waals surface area contributed by atoms with Gasteiger partial charge in [0.05, 0.1) is 23.4 Å². The third kappa shape index (κ3) is 3.86. The van der Waals surface area contributed by atoms with Crippen LogP contribution < -0.4 is 9.46 Å². The van der Waals surface area contributed by atoms with Crippen molar-refractivity contribution in [3.8, 4) is 5.75 Å². The molecule has 100 valence electrons. The quantitative estimate of drug-likeness (QED) is 0.819. The van der Waals surface area contributed by atoms with Crippen molar-refractivity contribution < 1.29 is 23.1 Å². The molecule has 0 heterocycles. The molecule has 0 fully saturated rings. The molecule has 2 N–H and O–H groups in total. The highest BCUT2D eigenvalue weighted by Crippen LogP contribution is 2.26. The van der Waals surface area contributed by atoms with Gasteiger partial charge in [-0.1, -0.05) is 11.6 Å². The van der Waals surface area contributed by atoms with E-state index in [2.05, 4.69) is 4.72 Å². The number of carbonyl (C=O) groups is 1. The molecule has 18 heavy (non-hydrogen) atoms. The zero-order valence-electron chi connectivity index (χ0n) is 9.51. The number of ether oxygens (including phenoxy) is 1. The van der Waals surface area contributed by atoms with Crippen LogP contribution in [-0.4, -0.2) is 33.1 Å². The van der Waals surface area contributed by atoms with Crippen LogP contribution in [0.3, 0.4) is 0 Å². The van der Waals surface area contributed by atoms with Gasteiger partial charge in [-0.3, -0.25) is 4.79 Å². The molecular formula is C10H12ClNO5S. The van der Waals surface area contributed by atoms with Crippen molar-refractivity contribution in [1.82, 2.24) is 4.72 Å². The van der Waals surface area contributed by atoms with Crippen molar-refractivity contribution >= 4 is 27.6 Å². The number of rotatable bonds is 6. The minimum atomic E-state index is -3.76. The van der Waals surface area contributed by atoms with Gasteiger partial charge in [-0.2, -0.15) is 0 Å². The predicted molar refractivity (Wildman–Crippen MR) is 65.4 cm³/mol. The number of halogens is 1. The van der Waals surface area contributed by atoms with E-state index in [0.29, 0.717) is 5.75 Å². The number of aliphatic carboxylic acids is 1. The molecule has 0 spiro atoms. The van der Waals surface area contributed by atoms with Crippen LogP contribution in [0.2, 0.25) is 5.02 Å². The molecule has 0 bridgehead atoms. The Bertz CT molecular complexity index is 543. The molecule has 1 aromatic carbocycles. The van der Waals surface area contributed by atoms with E-state index in [1.807, 2.05) is 0 Å². The van der Waals surface area contributed by atoms with Gasteiger partial charge in [0.25, 0.3) is 0 Å². The number of benzene rings is 1. The molecule has 0 aliphatic carbocycles. The van der Waals surface area contributed by atoms with E-state index in [-0.39, 0.29) is 22.9 Å². The van der Waals surface area contributed by atoms with Gasteiger partial charge in [0.1, 0.15) is 5.75 Å². The lowest BCUT2D eigenvalue weighted by Gasteiger charge is -2.08. The molecule has 1 aromatic rings. The average molecular weight is 294 g/mol. The Morgan fingerprint density at radius 3 is 2.67 bits per heavy atom. The zero-order valence-corrected chi connectivity index (χ0v) is 11.1. The molecule has 0 atom stereocenters. The molecule has 0 saturated carbocycles. The number of methoxy groups -OCH3 is 1. The van der Waals surface area contributed by atoms with Crippen LogP contribution in [0.5, 0.6) is 5.75 Å². The van der Waals surface area contributed by atoms with Gasteiger partial charge in [0.2, 0.25) is 10.0 Å². The van der Waals surface area contributed by atoms with E-state index in [1.54, 1.807) is 0 Å². The molecule has 0 radical (unpaired) electrons. The summed E-state index contributed by atoms with van der Waals surface area (Å²) in [7, 11) is -2.34. The highest BCUT2D eigenvalue weighted by atomic mass is 35.5. The zero-order chi connectivity index (χ0) is 13.8. The first-order valence-corrected chi connectivity index (χ1v) is 6.78. The standard InChI is InChI=1S/C10H12ClNO5S/c1-17-9-3-2-7(6-8(9)11)18(15,16)12-5-4-10(13)14/h2-3,6,12H,4-5H2,1H3,(H,13,14). The maximum atomic E-state index is 11.8. The van der Waals surface area contributed by atoms with E-state index < -0.39 is 16.0 Å². The smallest absolute Gasteiger partial charge is 0.304 e. The maximum absolute atomic E-state index is 11.8. The third-order valence-corrected chi connectivity index (χ3v) is 3.82. The van der Waals surface area contributed by atoms with Crippen molar-refractivity contribution in [1.29, 1.82) is 0 Å². The highest BCUT2D eigenvalue weighted by molar-refractivity contribution is 7.89. The van der Waals surface area contributed by atoms with Crippen LogP contribution in [0.15, 0.2) is 23.1 Å². The van der Waals surface area contributed by atoms with Gasteiger partial charge in [0.15, 0.2) is 0 Å². The number of hydrogen-bond acceptors (Lipinski definition) is 4. The lowest BCUT2D eigenvalue weighted by atomic mass is 10.3. The van der Waals surface area contributed by atoms with Crippen molar-refractivity contribution in [3.05, 3.63) is 23.2 Å². The summed E-state index contributed by atoms with van der Waals surface area (Å²) in [6.45, 7) is -0.179. The van der Waals surface area contributed by atoms with Crippen molar-refractivity contribution in [3.63, 3.8) is 0 Å². The lowest BCUT2D eigenvalue weighted by molar-refractivity contribution is -0.136. The number of hydrogen-bond donors (Lipinski definition) is 2. The van der Waals surface area contributed by atoms with Gasteiger partial charge in [0, 0.05) is 6.54 Å². The summed E-state index contributed by atoms with van der Waals surface area (Å²) in [5.41, 5.74) is 0. The largest absolute Gasteiger partial charge is 0.495 e. The second-order valence-electron chi connectivity index (χ2n) is 3.34. The Hall–Kier alpha value is -1.31. The van der Waals surface area contributed by atoms with Crippen LogP contribution in [0, 0.1) is 0 Å².